The van der Waals surface area contributed by atoms with Crippen LogP contribution in [0.2, 0.25) is 15.1 Å². The van der Waals surface area contributed by atoms with Crippen LogP contribution in [0.4, 0.5) is 17.1 Å². The number of amides is 4. The number of nitrogens with one attached hydrogen (secondary N) is 2. The van der Waals surface area contributed by atoms with Gasteiger partial charge in [0, 0.05) is 35.5 Å². The molecule has 0 spiro atoms. The summed E-state index contributed by atoms with van der Waals surface area (Å²) >= 11 is 31.3. The predicted octanol–water partition coefficient (Wildman–Crippen LogP) is 7.20. The first-order chi connectivity index (χ1) is 19.2. The minimum Gasteiger partial charge on any atom is -0.326 e. The van der Waals surface area contributed by atoms with Crippen LogP contribution in [-0.4, -0.2) is 28.0 Å². The number of carbonyl (C=O) groups excluding carboxylic acids is 4. The third-order valence-corrected chi connectivity index (χ3v) is 8.02. The molecule has 0 aliphatic heterocycles. The van der Waals surface area contributed by atoms with E-state index in [1.807, 2.05) is 6.07 Å². The van der Waals surface area contributed by atoms with Gasteiger partial charge in [-0.2, -0.15) is 5.26 Å². The van der Waals surface area contributed by atoms with Crippen LogP contribution in [0, 0.1) is 17.2 Å². The lowest BCUT2D eigenvalue weighted by Crippen LogP contribution is -2.33. The average molecular weight is 653 g/mol. The van der Waals surface area contributed by atoms with Crippen LogP contribution in [0.3, 0.4) is 0 Å². The molecule has 210 valence electrons. The molecule has 0 saturated heterocycles. The Bertz CT molecular complexity index is 1620. The molecule has 1 aliphatic rings. The lowest BCUT2D eigenvalue weighted by molar-refractivity contribution is -0.124. The first-order valence-corrected chi connectivity index (χ1v) is 13.7. The van der Waals surface area contributed by atoms with Gasteiger partial charge in [0.1, 0.15) is 10.4 Å². The normalized spacial score (nSPS) is 16.7. The topological polar surface area (TPSA) is 119 Å². The standard InChI is InChI=1S/C28H19Cl5N4O4/c1-13(38)37(14(2)39)20-4-6-23(16(9-20)12-34)36-26(40)21-11-19(3-5-22(21)31)35-27(41)25-24(28(25,32)33)15-7-17(29)10-18(30)8-15/h3-11,24-25H,1-2H3,(H,35,41)(H,36,40). The van der Waals surface area contributed by atoms with Crippen LogP contribution in [0.5, 0.6) is 0 Å². The highest BCUT2D eigenvalue weighted by atomic mass is 35.5. The largest absolute Gasteiger partial charge is 0.326 e. The molecule has 2 N–H and O–H groups in total. The Morgan fingerprint density at radius 3 is 2.10 bits per heavy atom. The highest BCUT2D eigenvalue weighted by Gasteiger charge is 2.67. The van der Waals surface area contributed by atoms with E-state index in [1.165, 1.54) is 50.2 Å². The Kier molecular flexibility index (Phi) is 8.88. The molecule has 8 nitrogen and oxygen atoms in total. The van der Waals surface area contributed by atoms with Crippen molar-refractivity contribution in [2.24, 2.45) is 5.92 Å². The van der Waals surface area contributed by atoms with Crippen LogP contribution in [-0.2, 0) is 14.4 Å². The molecule has 1 aliphatic carbocycles. The van der Waals surface area contributed by atoms with Crippen LogP contribution >= 0.6 is 58.0 Å². The number of nitriles is 1. The molecule has 2 atom stereocenters. The first-order valence-electron chi connectivity index (χ1n) is 11.9. The Morgan fingerprint density at radius 2 is 1.51 bits per heavy atom. The van der Waals surface area contributed by atoms with E-state index in [0.29, 0.717) is 15.6 Å². The lowest BCUT2D eigenvalue weighted by atomic mass is 10.1. The van der Waals surface area contributed by atoms with E-state index in [-0.39, 0.29) is 33.2 Å². The van der Waals surface area contributed by atoms with Crippen LogP contribution < -0.4 is 15.5 Å². The summed E-state index contributed by atoms with van der Waals surface area (Å²) < 4.78 is -1.40. The van der Waals surface area contributed by atoms with Gasteiger partial charge < -0.3 is 10.6 Å². The number of anilines is 3. The van der Waals surface area contributed by atoms with Gasteiger partial charge in [0.15, 0.2) is 0 Å². The Morgan fingerprint density at radius 1 is 0.878 bits per heavy atom. The lowest BCUT2D eigenvalue weighted by Gasteiger charge is -2.18. The number of imide groups is 1. The molecule has 4 rings (SSSR count). The van der Waals surface area contributed by atoms with Crippen molar-refractivity contribution in [3.63, 3.8) is 0 Å². The number of nitrogens with zero attached hydrogens (tertiary/aromatic N) is 2. The second-order valence-corrected chi connectivity index (χ2v) is 11.9. The predicted molar refractivity (Wildman–Crippen MR) is 160 cm³/mol. The molecule has 0 radical (unpaired) electrons. The fraction of sp³-hybridized carbons (Fsp3) is 0.179. The zero-order chi connectivity index (χ0) is 30.2. The molecule has 41 heavy (non-hydrogen) atoms. The number of alkyl halides is 2. The fourth-order valence-electron chi connectivity index (χ4n) is 4.47. The summed E-state index contributed by atoms with van der Waals surface area (Å²) in [5.41, 5.74) is 1.16. The number of hydrogen-bond acceptors (Lipinski definition) is 5. The molecule has 0 heterocycles. The minimum absolute atomic E-state index is 0.00325. The number of carbonyl (C=O) groups is 4. The maximum absolute atomic E-state index is 13.1. The molecular formula is C28H19Cl5N4O4. The van der Waals surface area contributed by atoms with Crippen molar-refractivity contribution < 1.29 is 19.2 Å². The number of hydrogen-bond donors (Lipinski definition) is 2. The summed E-state index contributed by atoms with van der Waals surface area (Å²) in [7, 11) is 0. The van der Waals surface area contributed by atoms with Gasteiger partial charge in [0.25, 0.3) is 5.91 Å². The molecular weight excluding hydrogens is 634 g/mol. The molecule has 0 bridgehead atoms. The Hall–Kier alpha value is -3.32. The molecule has 13 heteroatoms. The van der Waals surface area contributed by atoms with Gasteiger partial charge in [0.05, 0.1) is 33.4 Å². The van der Waals surface area contributed by atoms with E-state index >= 15 is 0 Å². The minimum atomic E-state index is -1.40. The summed E-state index contributed by atoms with van der Waals surface area (Å²) in [5.74, 6) is -3.61. The molecule has 3 aromatic carbocycles. The third-order valence-electron chi connectivity index (χ3n) is 6.32. The van der Waals surface area contributed by atoms with Gasteiger partial charge in [-0.3, -0.25) is 24.1 Å². The molecule has 3 aromatic rings. The smallest absolute Gasteiger partial charge is 0.257 e. The zero-order valence-corrected chi connectivity index (χ0v) is 25.0. The summed E-state index contributed by atoms with van der Waals surface area (Å²) in [6.45, 7) is 2.43. The Labute approximate surface area is 260 Å². The van der Waals surface area contributed by atoms with E-state index in [0.717, 1.165) is 4.90 Å². The van der Waals surface area contributed by atoms with E-state index in [1.54, 1.807) is 18.2 Å². The summed E-state index contributed by atoms with van der Waals surface area (Å²) in [6, 6.07) is 15.2. The Balaban J connectivity index is 1.53. The fourth-order valence-corrected chi connectivity index (χ4v) is 6.04. The molecule has 4 amide bonds. The van der Waals surface area contributed by atoms with E-state index in [9.17, 15) is 24.4 Å². The van der Waals surface area contributed by atoms with Crippen molar-refractivity contribution in [3.05, 3.63) is 86.4 Å². The summed E-state index contributed by atoms with van der Waals surface area (Å²) in [4.78, 5) is 50.8. The van der Waals surface area contributed by atoms with E-state index in [4.69, 9.17) is 58.0 Å². The number of benzene rings is 3. The highest BCUT2D eigenvalue weighted by molar-refractivity contribution is 6.53. The van der Waals surface area contributed by atoms with Gasteiger partial charge >= 0.3 is 0 Å². The van der Waals surface area contributed by atoms with Gasteiger partial charge in [-0.1, -0.05) is 34.8 Å². The number of halogens is 5. The van der Waals surface area contributed by atoms with Crippen molar-refractivity contribution in [3.8, 4) is 6.07 Å². The van der Waals surface area contributed by atoms with Gasteiger partial charge in [-0.05, 0) is 60.2 Å². The molecule has 0 aromatic heterocycles. The second-order valence-electron chi connectivity index (χ2n) is 9.19. The second kappa shape index (κ2) is 11.9. The zero-order valence-electron chi connectivity index (χ0n) is 21.3. The monoisotopic (exact) mass is 650 g/mol. The third kappa shape index (κ3) is 6.45. The van der Waals surface area contributed by atoms with Crippen LogP contribution in [0.15, 0.2) is 54.6 Å². The van der Waals surface area contributed by atoms with Crippen molar-refractivity contribution in [2.75, 3.05) is 15.5 Å². The van der Waals surface area contributed by atoms with Crippen molar-refractivity contribution in [1.82, 2.24) is 0 Å². The maximum atomic E-state index is 13.1. The average Bonchev–Trinajstić information content (AvgIpc) is 3.46. The molecule has 1 saturated carbocycles. The summed E-state index contributed by atoms with van der Waals surface area (Å²) in [5, 5.41) is 15.8. The quantitative estimate of drug-likeness (QED) is 0.273. The van der Waals surface area contributed by atoms with Crippen molar-refractivity contribution >= 4 is 98.7 Å². The van der Waals surface area contributed by atoms with Gasteiger partial charge in [-0.15, -0.1) is 23.2 Å². The SMILES string of the molecule is CC(=O)N(C(C)=O)c1ccc(NC(=O)c2cc(NC(=O)C3C(c4cc(Cl)cc(Cl)c4)C3(Cl)Cl)ccc2Cl)c(C#N)c1. The van der Waals surface area contributed by atoms with Crippen molar-refractivity contribution in [1.29, 1.82) is 5.26 Å². The van der Waals surface area contributed by atoms with Gasteiger partial charge in [-0.25, -0.2) is 0 Å². The van der Waals surface area contributed by atoms with Crippen LogP contribution in [0.1, 0.15) is 41.3 Å². The summed E-state index contributed by atoms with van der Waals surface area (Å²) in [6.07, 6.45) is 0. The first kappa shape index (κ1) is 30.6. The van der Waals surface area contributed by atoms with E-state index in [2.05, 4.69) is 10.6 Å². The van der Waals surface area contributed by atoms with E-state index < -0.39 is 39.8 Å². The van der Waals surface area contributed by atoms with Crippen LogP contribution in [0.25, 0.3) is 0 Å². The highest BCUT2D eigenvalue weighted by Crippen LogP contribution is 2.65. The molecule has 1 fully saturated rings. The number of rotatable bonds is 6. The maximum Gasteiger partial charge on any atom is 0.257 e. The molecule has 2 unspecified atom stereocenters. The van der Waals surface area contributed by atoms with Crippen molar-refractivity contribution in [2.45, 2.75) is 24.1 Å². The van der Waals surface area contributed by atoms with Gasteiger partial charge in [0.2, 0.25) is 17.7 Å².